The van der Waals surface area contributed by atoms with Crippen LogP contribution in [0.1, 0.15) is 59.3 Å². The summed E-state index contributed by atoms with van der Waals surface area (Å²) in [5, 5.41) is 5.23. The number of ether oxygens (including phenoxy) is 2. The van der Waals surface area contributed by atoms with Gasteiger partial charge in [-0.05, 0) is 20.3 Å². The molecule has 28 heavy (non-hydrogen) atoms. The molecule has 164 valence electrons. The molecule has 0 aliphatic heterocycles. The van der Waals surface area contributed by atoms with Crippen molar-refractivity contribution in [2.75, 3.05) is 40.0 Å². The Morgan fingerprint density at radius 3 is 2.11 bits per heavy atom. The van der Waals surface area contributed by atoms with Crippen LogP contribution in [0, 0.1) is 12.3 Å². The van der Waals surface area contributed by atoms with Crippen LogP contribution in [-0.2, 0) is 23.9 Å². The van der Waals surface area contributed by atoms with Crippen LogP contribution in [0.4, 0.5) is 0 Å². The van der Waals surface area contributed by atoms with Crippen LogP contribution in [-0.4, -0.2) is 57.7 Å². The molecular formula is C20H39N3O5. The summed E-state index contributed by atoms with van der Waals surface area (Å²) in [6.07, 6.45) is 9.94. The minimum absolute atomic E-state index is 0.00273. The van der Waals surface area contributed by atoms with E-state index < -0.39 is 5.91 Å². The van der Waals surface area contributed by atoms with Crippen LogP contribution >= 0.6 is 0 Å². The van der Waals surface area contributed by atoms with Gasteiger partial charge >= 0.3 is 0 Å². The predicted molar refractivity (Wildman–Crippen MR) is 111 cm³/mol. The van der Waals surface area contributed by atoms with Gasteiger partial charge in [-0.15, -0.1) is 12.3 Å². The number of carbonyl (C=O) groups excluding carboxylic acids is 3. The zero-order valence-corrected chi connectivity index (χ0v) is 18.0. The molecule has 0 bridgehead atoms. The predicted octanol–water partition coefficient (Wildman–Crippen LogP) is 1.37. The molecule has 0 heterocycles. The van der Waals surface area contributed by atoms with Crippen molar-refractivity contribution in [3.8, 4) is 12.3 Å². The molecule has 0 radical (unpaired) electrons. The van der Waals surface area contributed by atoms with Gasteiger partial charge in [-0.2, -0.15) is 0 Å². The average Bonchev–Trinajstić information content (AvgIpc) is 2.67. The van der Waals surface area contributed by atoms with Gasteiger partial charge in [-0.25, -0.2) is 0 Å². The van der Waals surface area contributed by atoms with Crippen molar-refractivity contribution in [2.45, 2.75) is 59.3 Å². The van der Waals surface area contributed by atoms with E-state index in [1.807, 2.05) is 13.8 Å². The average molecular weight is 402 g/mol. The molecule has 8 nitrogen and oxygen atoms in total. The maximum atomic E-state index is 10.8. The highest BCUT2D eigenvalue weighted by atomic mass is 16.5. The second kappa shape index (κ2) is 27.1. The van der Waals surface area contributed by atoms with Gasteiger partial charge in [0.05, 0.1) is 13.2 Å². The Kier molecular flexibility index (Phi) is 29.6. The third-order valence-electron chi connectivity index (χ3n) is 2.98. The van der Waals surface area contributed by atoms with E-state index in [0.717, 1.165) is 19.4 Å². The lowest BCUT2D eigenvalue weighted by molar-refractivity contribution is -0.123. The van der Waals surface area contributed by atoms with Crippen LogP contribution in [0.15, 0.2) is 0 Å². The number of nitrogens with one attached hydrogen (secondary N) is 2. The summed E-state index contributed by atoms with van der Waals surface area (Å²) in [5.41, 5.74) is 4.80. The largest absolute Gasteiger partial charge is 0.379 e. The van der Waals surface area contributed by atoms with E-state index in [1.54, 1.807) is 7.05 Å². The van der Waals surface area contributed by atoms with E-state index in [1.165, 1.54) is 6.42 Å². The molecule has 0 saturated heterocycles. The van der Waals surface area contributed by atoms with Gasteiger partial charge in [-0.1, -0.05) is 19.8 Å². The minimum atomic E-state index is -0.448. The van der Waals surface area contributed by atoms with Crippen molar-refractivity contribution in [1.82, 2.24) is 10.6 Å². The normalized spacial score (nSPS) is 8.96. The first-order valence-electron chi connectivity index (χ1n) is 9.73. The van der Waals surface area contributed by atoms with Crippen LogP contribution < -0.4 is 16.4 Å². The number of unbranched alkanes of at least 4 members (excludes halogenated alkanes) is 2. The number of carbonyl (C=O) groups is 3. The number of terminal acetylenes is 1. The van der Waals surface area contributed by atoms with Crippen LogP contribution in [0.25, 0.3) is 0 Å². The van der Waals surface area contributed by atoms with Crippen molar-refractivity contribution in [2.24, 2.45) is 5.73 Å². The molecule has 0 fully saturated rings. The second-order valence-electron chi connectivity index (χ2n) is 5.50. The van der Waals surface area contributed by atoms with Gasteiger partial charge in [-0.3, -0.25) is 14.4 Å². The lowest BCUT2D eigenvalue weighted by Gasteiger charge is -2.00. The lowest BCUT2D eigenvalue weighted by Crippen LogP contribution is -2.21. The highest BCUT2D eigenvalue weighted by Crippen LogP contribution is 1.97. The Morgan fingerprint density at radius 2 is 1.64 bits per heavy atom. The van der Waals surface area contributed by atoms with Crippen LogP contribution in [0.2, 0.25) is 0 Å². The van der Waals surface area contributed by atoms with Crippen LogP contribution in [0.5, 0.6) is 0 Å². The molecule has 0 unspecified atom stereocenters. The summed E-state index contributed by atoms with van der Waals surface area (Å²) in [4.78, 5) is 31.3. The zero-order valence-electron chi connectivity index (χ0n) is 18.0. The summed E-state index contributed by atoms with van der Waals surface area (Å²) >= 11 is 0. The second-order valence-corrected chi connectivity index (χ2v) is 5.50. The molecule has 0 atom stereocenters. The van der Waals surface area contributed by atoms with E-state index in [2.05, 4.69) is 23.5 Å². The molecule has 0 rings (SSSR count). The fourth-order valence-corrected chi connectivity index (χ4v) is 1.57. The third kappa shape index (κ3) is 35.1. The molecule has 0 aliphatic carbocycles. The molecular weight excluding hydrogens is 362 g/mol. The Bertz CT molecular complexity index is 423. The summed E-state index contributed by atoms with van der Waals surface area (Å²) < 4.78 is 9.74. The topological polar surface area (TPSA) is 120 Å². The van der Waals surface area contributed by atoms with Crippen molar-refractivity contribution in [3.63, 3.8) is 0 Å². The smallest absolute Gasteiger partial charge is 0.243 e. The Morgan fingerprint density at radius 1 is 1.00 bits per heavy atom. The van der Waals surface area contributed by atoms with Crippen LogP contribution in [0.3, 0.4) is 0 Å². The van der Waals surface area contributed by atoms with Gasteiger partial charge in [0.15, 0.2) is 0 Å². The highest BCUT2D eigenvalue weighted by molar-refractivity contribution is 5.76. The molecule has 4 N–H and O–H groups in total. The Hall–Kier alpha value is -2.11. The van der Waals surface area contributed by atoms with Gasteiger partial charge in [0, 0.05) is 39.5 Å². The Balaban J connectivity index is -0.000000337. The number of rotatable bonds is 13. The number of nitrogens with two attached hydrogens (primary N) is 1. The van der Waals surface area contributed by atoms with Gasteiger partial charge in [0.25, 0.3) is 0 Å². The lowest BCUT2D eigenvalue weighted by atomic mass is 10.2. The third-order valence-corrected chi connectivity index (χ3v) is 2.98. The monoisotopic (exact) mass is 401 g/mol. The van der Waals surface area contributed by atoms with E-state index in [0.29, 0.717) is 39.1 Å². The fourth-order valence-electron chi connectivity index (χ4n) is 1.57. The summed E-state index contributed by atoms with van der Waals surface area (Å²) in [5.74, 6) is 2.12. The SMILES string of the molecule is C#CCCC(=O)NC.CCCCCC(=O)NCC.CCOCCOCC(N)=O. The van der Waals surface area contributed by atoms with Gasteiger partial charge in [0.2, 0.25) is 17.7 Å². The molecule has 0 aromatic rings. The summed E-state index contributed by atoms with van der Waals surface area (Å²) in [6.45, 7) is 8.32. The number of hydrogen-bond donors (Lipinski definition) is 3. The molecule has 3 amide bonds. The van der Waals surface area contributed by atoms with Crippen molar-refractivity contribution in [3.05, 3.63) is 0 Å². The molecule has 0 aliphatic rings. The standard InChI is InChI=1S/C8H17NO.C6H13NO3.C6H9NO/c1-3-5-6-7-8(10)9-4-2;1-2-9-3-4-10-5-6(7)8;1-3-4-5-6(8)7-2/h3-7H2,1-2H3,(H,9,10);2-5H2,1H3,(H2,7,8);1H,4-5H2,2H3,(H,7,8). The number of primary amides is 1. The first-order valence-corrected chi connectivity index (χ1v) is 9.73. The number of amides is 3. The maximum absolute atomic E-state index is 10.8. The summed E-state index contributed by atoms with van der Waals surface area (Å²) in [7, 11) is 1.60. The molecule has 0 aromatic carbocycles. The Labute approximate surface area is 170 Å². The molecule has 0 saturated carbocycles. The van der Waals surface area contributed by atoms with Crippen molar-refractivity contribution in [1.29, 1.82) is 0 Å². The molecule has 8 heteroatoms. The van der Waals surface area contributed by atoms with Gasteiger partial charge in [0.1, 0.15) is 6.61 Å². The minimum Gasteiger partial charge on any atom is -0.379 e. The molecule has 0 aromatic heterocycles. The van der Waals surface area contributed by atoms with Crippen molar-refractivity contribution < 1.29 is 23.9 Å². The van der Waals surface area contributed by atoms with E-state index >= 15 is 0 Å². The highest BCUT2D eigenvalue weighted by Gasteiger charge is 1.96. The quantitative estimate of drug-likeness (QED) is 0.318. The first kappa shape index (κ1) is 30.6. The fraction of sp³-hybridized carbons (Fsp3) is 0.750. The van der Waals surface area contributed by atoms with E-state index in [9.17, 15) is 14.4 Å². The van der Waals surface area contributed by atoms with E-state index in [4.69, 9.17) is 21.6 Å². The first-order chi connectivity index (χ1) is 13.4. The zero-order chi connectivity index (χ0) is 22.0. The summed E-state index contributed by atoms with van der Waals surface area (Å²) in [6, 6.07) is 0. The number of hydrogen-bond acceptors (Lipinski definition) is 5. The maximum Gasteiger partial charge on any atom is 0.243 e. The van der Waals surface area contributed by atoms with E-state index in [-0.39, 0.29) is 18.4 Å². The van der Waals surface area contributed by atoms with Crippen molar-refractivity contribution >= 4 is 17.7 Å². The van der Waals surface area contributed by atoms with Gasteiger partial charge < -0.3 is 25.8 Å². The molecule has 0 spiro atoms.